The average Bonchev–Trinajstić information content (AvgIpc) is 2.56. The van der Waals surface area contributed by atoms with Gasteiger partial charge in [-0.2, -0.15) is 0 Å². The van der Waals surface area contributed by atoms with Crippen LogP contribution in [0.1, 0.15) is 20.8 Å². The molecule has 1 aliphatic rings. The van der Waals surface area contributed by atoms with Crippen LogP contribution in [0, 0.1) is 5.41 Å². The molecule has 0 saturated carbocycles. The lowest BCUT2D eigenvalue weighted by molar-refractivity contribution is -0.256. The first-order chi connectivity index (χ1) is 13.4. The number of hydrogen-bond donors (Lipinski definition) is 1. The average molecular weight is 476 g/mol. The van der Waals surface area contributed by atoms with Gasteiger partial charge in [0, 0.05) is 25.7 Å². The largest absolute Gasteiger partial charge is 0.463 e. The summed E-state index contributed by atoms with van der Waals surface area (Å²) in [7, 11) is 0. The molecule has 0 unspecified atom stereocenters. The number of halogens is 3. The molecule has 1 heterocycles. The van der Waals surface area contributed by atoms with Crippen LogP contribution >= 0.6 is 34.8 Å². The third kappa shape index (κ3) is 7.75. The van der Waals surface area contributed by atoms with Gasteiger partial charge in [-0.15, -0.1) is 0 Å². The van der Waals surface area contributed by atoms with Gasteiger partial charge in [-0.3, -0.25) is 19.8 Å². The summed E-state index contributed by atoms with van der Waals surface area (Å²) in [6, 6.07) is -1.45. The smallest absolute Gasteiger partial charge is 0.303 e. The van der Waals surface area contributed by atoms with E-state index in [-0.39, 0.29) is 0 Å². The first kappa shape index (κ1) is 25.1. The van der Waals surface area contributed by atoms with Crippen LogP contribution in [0.4, 0.5) is 0 Å². The zero-order valence-corrected chi connectivity index (χ0v) is 17.6. The van der Waals surface area contributed by atoms with E-state index in [2.05, 4.69) is 10.0 Å². The molecular formula is C14H17Cl3N4O8. The predicted octanol–water partition coefficient (Wildman–Crippen LogP) is 2.18. The number of rotatable bonds is 6. The minimum absolute atomic E-state index is 0.449. The Morgan fingerprint density at radius 1 is 1.07 bits per heavy atom. The van der Waals surface area contributed by atoms with Gasteiger partial charge in [0.05, 0.1) is 0 Å². The van der Waals surface area contributed by atoms with E-state index >= 15 is 0 Å². The Kier molecular flexibility index (Phi) is 9.24. The topological polar surface area (TPSA) is 170 Å². The predicted molar refractivity (Wildman–Crippen MR) is 98.4 cm³/mol. The molecular weight excluding hydrogens is 459 g/mol. The molecule has 0 aromatic rings. The Balaban J connectivity index is 3.35. The minimum atomic E-state index is -2.28. The van der Waals surface area contributed by atoms with Crippen LogP contribution in [-0.2, 0) is 38.1 Å². The molecule has 0 aromatic carbocycles. The Labute approximate surface area is 179 Å². The molecule has 1 saturated heterocycles. The molecule has 0 aromatic heterocycles. The molecule has 1 aliphatic heterocycles. The normalized spacial score (nSPS) is 26.5. The summed E-state index contributed by atoms with van der Waals surface area (Å²) in [4.78, 5) is 36.9. The summed E-state index contributed by atoms with van der Waals surface area (Å²) < 4.78 is 23.6. The van der Waals surface area contributed by atoms with Crippen molar-refractivity contribution in [3.8, 4) is 0 Å². The van der Waals surface area contributed by atoms with Gasteiger partial charge in [-0.05, 0) is 5.53 Å². The lowest BCUT2D eigenvalue weighted by Gasteiger charge is -2.43. The van der Waals surface area contributed by atoms with Gasteiger partial charge in [-0.25, -0.2) is 0 Å². The molecule has 0 spiro atoms. The van der Waals surface area contributed by atoms with Crippen LogP contribution in [0.25, 0.3) is 10.4 Å². The molecule has 0 bridgehead atoms. The van der Waals surface area contributed by atoms with E-state index in [4.69, 9.17) is 69.4 Å². The Bertz CT molecular complexity index is 709. The number of carbonyl (C=O) groups excluding carboxylic acids is 3. The van der Waals surface area contributed by atoms with Crippen LogP contribution < -0.4 is 0 Å². The van der Waals surface area contributed by atoms with Gasteiger partial charge < -0.3 is 23.7 Å². The molecule has 162 valence electrons. The van der Waals surface area contributed by atoms with Crippen molar-refractivity contribution >= 4 is 58.6 Å². The van der Waals surface area contributed by atoms with Crippen LogP contribution in [0.15, 0.2) is 5.11 Å². The molecule has 0 amide bonds. The second-order valence-corrected chi connectivity index (χ2v) is 7.92. The fourth-order valence-electron chi connectivity index (χ4n) is 2.35. The monoisotopic (exact) mass is 474 g/mol. The highest BCUT2D eigenvalue weighted by molar-refractivity contribution is 6.76. The van der Waals surface area contributed by atoms with Gasteiger partial charge >= 0.3 is 17.9 Å². The van der Waals surface area contributed by atoms with Crippen molar-refractivity contribution in [2.45, 2.75) is 55.2 Å². The number of azide groups is 1. The molecule has 12 nitrogen and oxygen atoms in total. The summed E-state index contributed by atoms with van der Waals surface area (Å²) in [6.07, 6.45) is -5.60. The lowest BCUT2D eigenvalue weighted by Crippen LogP contribution is -2.61. The maximum Gasteiger partial charge on any atom is 0.303 e. The minimum Gasteiger partial charge on any atom is -0.463 e. The summed E-state index contributed by atoms with van der Waals surface area (Å²) >= 11 is 16.7. The van der Waals surface area contributed by atoms with Crippen LogP contribution in [-0.4, -0.2) is 64.8 Å². The fourth-order valence-corrected chi connectivity index (χ4v) is 2.48. The van der Waals surface area contributed by atoms with E-state index < -0.39 is 64.8 Å². The summed E-state index contributed by atoms with van der Waals surface area (Å²) in [5.74, 6) is -3.16. The molecule has 1 rings (SSSR count). The van der Waals surface area contributed by atoms with Crippen LogP contribution in [0.3, 0.4) is 0 Å². The van der Waals surface area contributed by atoms with E-state index in [1.54, 1.807) is 0 Å². The highest BCUT2D eigenvalue weighted by atomic mass is 35.6. The van der Waals surface area contributed by atoms with Gasteiger partial charge in [-0.1, -0.05) is 39.9 Å². The molecule has 15 heteroatoms. The maximum atomic E-state index is 11.6. The number of alkyl halides is 3. The molecule has 0 radical (unpaired) electrons. The molecule has 5 atom stereocenters. The SMILES string of the molecule is CC(=O)OC[C@H]1O[C@@H](OC(=N)C(Cl)(Cl)Cl)[C@H](N=[N+]=[N-])[C@@H](OC(C)=O)[C@H]1OC(C)=O. The van der Waals surface area contributed by atoms with Gasteiger partial charge in [0.25, 0.3) is 3.79 Å². The third-order valence-corrected chi connectivity index (χ3v) is 3.86. The number of nitrogens with one attached hydrogen (secondary N) is 1. The van der Waals surface area contributed by atoms with Crippen LogP contribution in [0.5, 0.6) is 0 Å². The second kappa shape index (κ2) is 10.7. The zero-order valence-electron chi connectivity index (χ0n) is 15.3. The highest BCUT2D eigenvalue weighted by Gasteiger charge is 2.52. The third-order valence-electron chi connectivity index (χ3n) is 3.35. The number of hydrogen-bond acceptors (Lipinski definition) is 10. The summed E-state index contributed by atoms with van der Waals surface area (Å²) in [5, 5.41) is 11.1. The zero-order chi connectivity index (χ0) is 22.4. The van der Waals surface area contributed by atoms with E-state index in [1.807, 2.05) is 0 Å². The van der Waals surface area contributed by atoms with E-state index in [1.165, 1.54) is 0 Å². The number of ether oxygens (including phenoxy) is 5. The van der Waals surface area contributed by atoms with Gasteiger partial charge in [0.15, 0.2) is 12.2 Å². The number of carbonyl (C=O) groups is 3. The van der Waals surface area contributed by atoms with Crippen molar-refractivity contribution in [3.63, 3.8) is 0 Å². The van der Waals surface area contributed by atoms with Crippen molar-refractivity contribution in [1.82, 2.24) is 0 Å². The second-order valence-electron chi connectivity index (χ2n) is 5.63. The van der Waals surface area contributed by atoms with Crippen LogP contribution in [0.2, 0.25) is 0 Å². The van der Waals surface area contributed by atoms with Crippen molar-refractivity contribution in [2.75, 3.05) is 6.61 Å². The van der Waals surface area contributed by atoms with Crippen molar-refractivity contribution in [1.29, 1.82) is 5.41 Å². The van der Waals surface area contributed by atoms with E-state index in [0.29, 0.717) is 0 Å². The first-order valence-electron chi connectivity index (χ1n) is 7.86. The fraction of sp³-hybridized carbons (Fsp3) is 0.714. The van der Waals surface area contributed by atoms with Crippen molar-refractivity contribution < 1.29 is 38.1 Å². The Hall–Kier alpha value is -1.98. The Morgan fingerprint density at radius 2 is 1.62 bits per heavy atom. The quantitative estimate of drug-likeness (QED) is 0.0890. The Morgan fingerprint density at radius 3 is 2.07 bits per heavy atom. The molecule has 29 heavy (non-hydrogen) atoms. The van der Waals surface area contributed by atoms with Gasteiger partial charge in [0.2, 0.25) is 12.2 Å². The maximum absolute atomic E-state index is 11.6. The molecule has 1 N–H and O–H groups in total. The van der Waals surface area contributed by atoms with E-state index in [9.17, 15) is 14.4 Å². The summed E-state index contributed by atoms with van der Waals surface area (Å²) in [6.45, 7) is 2.82. The lowest BCUT2D eigenvalue weighted by atomic mass is 9.97. The summed E-state index contributed by atoms with van der Waals surface area (Å²) in [5.41, 5.74) is 8.89. The first-order valence-corrected chi connectivity index (χ1v) is 9.00. The van der Waals surface area contributed by atoms with Crippen molar-refractivity contribution in [2.24, 2.45) is 5.11 Å². The standard InChI is InChI=1S/C14H17Cl3N4O8/c1-5(22)25-4-8-10(26-6(2)23)11(27-7(3)24)9(20-21-19)12(28-8)29-13(18)14(15,16)17/h8-12,18H,4H2,1-3H3/t8-,9-,10+,11-,12+/m1/s1. The highest BCUT2D eigenvalue weighted by Crippen LogP contribution is 2.33. The van der Waals surface area contributed by atoms with Crippen molar-refractivity contribution in [3.05, 3.63) is 10.4 Å². The number of esters is 3. The molecule has 1 fully saturated rings. The molecule has 0 aliphatic carbocycles. The number of nitrogens with zero attached hydrogens (tertiary/aromatic N) is 3. The van der Waals surface area contributed by atoms with Gasteiger partial charge in [0.1, 0.15) is 18.8 Å². The van der Waals surface area contributed by atoms with E-state index in [0.717, 1.165) is 20.8 Å².